The summed E-state index contributed by atoms with van der Waals surface area (Å²) in [5.74, 6) is 0. The maximum atomic E-state index is 5.77. The summed E-state index contributed by atoms with van der Waals surface area (Å²) in [5.41, 5.74) is 0. The SMILES string of the molecule is CO[Si](C)(C)[CH2][Ge]([Cl])([Cl])[Cl]. The van der Waals surface area contributed by atoms with Gasteiger partial charge in [0.05, 0.1) is 0 Å². The fraction of sp³-hybridized carbons (Fsp3) is 1.00. The standard InChI is InChI=1S/C4H11Cl3GeOSi/c1-9-10(2,3)4-8(5,6)7/h4H2,1-3H3. The quantitative estimate of drug-likeness (QED) is 0.723. The molecular weight excluding hydrogens is 271 g/mol. The van der Waals surface area contributed by atoms with Crippen LogP contribution in [0.4, 0.5) is 0 Å². The maximum absolute atomic E-state index is 5.77. The summed E-state index contributed by atoms with van der Waals surface area (Å²) < 4.78 is 5.25. The number of hydrogen-bond acceptors (Lipinski definition) is 1. The molecule has 0 aliphatic carbocycles. The Balaban J connectivity index is 3.89. The molecule has 0 aromatic heterocycles. The van der Waals surface area contributed by atoms with Crippen LogP contribution < -0.4 is 0 Å². The zero-order valence-corrected chi connectivity index (χ0v) is 11.6. The Morgan fingerprint density at radius 3 is 1.80 bits per heavy atom. The monoisotopic (exact) mass is 282 g/mol. The van der Waals surface area contributed by atoms with Gasteiger partial charge in [0.2, 0.25) is 0 Å². The first-order chi connectivity index (χ1) is 4.27. The van der Waals surface area contributed by atoms with E-state index in [2.05, 4.69) is 13.1 Å². The van der Waals surface area contributed by atoms with E-state index >= 15 is 0 Å². The average Bonchev–Trinajstić information content (AvgIpc) is 1.60. The molecule has 0 fully saturated rings. The van der Waals surface area contributed by atoms with Gasteiger partial charge in [0.1, 0.15) is 0 Å². The predicted molar refractivity (Wildman–Crippen MR) is 52.6 cm³/mol. The fourth-order valence-corrected chi connectivity index (χ4v) is 23.7. The van der Waals surface area contributed by atoms with E-state index in [1.54, 1.807) is 7.11 Å². The Morgan fingerprint density at radius 2 is 1.70 bits per heavy atom. The Labute approximate surface area is 78.0 Å². The summed E-state index contributed by atoms with van der Waals surface area (Å²) in [6.45, 7) is 4.11. The second-order valence-corrected chi connectivity index (χ2v) is 24.9. The third-order valence-corrected chi connectivity index (χ3v) is 17.7. The Hall–Kier alpha value is 1.59. The van der Waals surface area contributed by atoms with Crippen LogP contribution in [0.2, 0.25) is 18.0 Å². The summed E-state index contributed by atoms with van der Waals surface area (Å²) in [6, 6.07) is 0. The van der Waals surface area contributed by atoms with Gasteiger partial charge in [-0.05, 0) is 0 Å². The summed E-state index contributed by atoms with van der Waals surface area (Å²) >= 11 is 0. The molecule has 0 saturated heterocycles. The molecule has 6 heteroatoms. The van der Waals surface area contributed by atoms with E-state index in [4.69, 9.17) is 34.5 Å². The molecule has 0 heterocycles. The fourth-order valence-electron chi connectivity index (χ4n) is 0.555. The van der Waals surface area contributed by atoms with Crippen LogP contribution in [0, 0.1) is 0 Å². The van der Waals surface area contributed by atoms with Crippen molar-refractivity contribution in [2.45, 2.75) is 18.0 Å². The van der Waals surface area contributed by atoms with E-state index < -0.39 is 18.8 Å². The molecule has 0 spiro atoms. The van der Waals surface area contributed by atoms with Crippen LogP contribution in [0.3, 0.4) is 0 Å². The van der Waals surface area contributed by atoms with Gasteiger partial charge in [-0.1, -0.05) is 0 Å². The van der Waals surface area contributed by atoms with Gasteiger partial charge in [0, 0.05) is 0 Å². The summed E-state index contributed by atoms with van der Waals surface area (Å²) in [4.78, 5) is 0.716. The van der Waals surface area contributed by atoms with Crippen LogP contribution in [-0.2, 0) is 4.43 Å². The van der Waals surface area contributed by atoms with Gasteiger partial charge < -0.3 is 0 Å². The number of rotatable bonds is 3. The van der Waals surface area contributed by atoms with Crippen molar-refractivity contribution in [3.63, 3.8) is 0 Å². The van der Waals surface area contributed by atoms with Crippen molar-refractivity contribution < 1.29 is 4.43 Å². The van der Waals surface area contributed by atoms with Crippen LogP contribution in [0.25, 0.3) is 0 Å². The van der Waals surface area contributed by atoms with E-state index in [9.17, 15) is 0 Å². The molecule has 0 amide bonds. The molecule has 0 aliphatic heterocycles. The van der Waals surface area contributed by atoms with E-state index in [0.717, 1.165) is 0 Å². The van der Waals surface area contributed by atoms with Crippen LogP contribution in [-0.4, -0.2) is 25.9 Å². The zero-order valence-electron chi connectivity index (χ0n) is 6.25. The minimum atomic E-state index is -2.91. The first-order valence-electron chi connectivity index (χ1n) is 2.89. The summed E-state index contributed by atoms with van der Waals surface area (Å²) in [5, 5.41) is 0. The van der Waals surface area contributed by atoms with Crippen molar-refractivity contribution in [1.82, 2.24) is 0 Å². The van der Waals surface area contributed by atoms with Crippen LogP contribution in [0.1, 0.15) is 0 Å². The van der Waals surface area contributed by atoms with Gasteiger partial charge in [-0.3, -0.25) is 0 Å². The summed E-state index contributed by atoms with van der Waals surface area (Å²) in [6.07, 6.45) is 0. The van der Waals surface area contributed by atoms with Gasteiger partial charge >= 0.3 is 78.3 Å². The van der Waals surface area contributed by atoms with Crippen LogP contribution >= 0.6 is 30.0 Å². The predicted octanol–water partition coefficient (Wildman–Crippen LogP) is 3.03. The normalized spacial score (nSPS) is 13.8. The van der Waals surface area contributed by atoms with Gasteiger partial charge in [0.25, 0.3) is 0 Å². The van der Waals surface area contributed by atoms with E-state index in [0.29, 0.717) is 4.88 Å². The molecule has 0 aromatic rings. The second-order valence-electron chi connectivity index (χ2n) is 2.76. The summed E-state index contributed by atoms with van der Waals surface area (Å²) in [7, 11) is 14.5. The second kappa shape index (κ2) is 4.01. The van der Waals surface area contributed by atoms with Crippen LogP contribution in [0.15, 0.2) is 0 Å². The third-order valence-electron chi connectivity index (χ3n) is 1.18. The van der Waals surface area contributed by atoms with Crippen molar-refractivity contribution in [1.29, 1.82) is 0 Å². The average molecular weight is 282 g/mol. The van der Waals surface area contributed by atoms with Gasteiger partial charge in [-0.15, -0.1) is 0 Å². The molecule has 0 saturated carbocycles. The van der Waals surface area contributed by atoms with Crippen LogP contribution in [0.5, 0.6) is 0 Å². The van der Waals surface area contributed by atoms with Gasteiger partial charge in [-0.2, -0.15) is 0 Å². The number of hydrogen-bond donors (Lipinski definition) is 0. The first-order valence-corrected chi connectivity index (χ1v) is 15.8. The van der Waals surface area contributed by atoms with E-state index in [1.165, 1.54) is 0 Å². The third kappa shape index (κ3) is 6.31. The molecule has 62 valence electrons. The Morgan fingerprint density at radius 1 is 1.30 bits per heavy atom. The molecule has 0 atom stereocenters. The molecule has 0 aliphatic rings. The van der Waals surface area contributed by atoms with Crippen molar-refractivity contribution in [3.05, 3.63) is 0 Å². The Kier molecular flexibility index (Phi) is 4.64. The first kappa shape index (κ1) is 11.6. The Bertz CT molecular complexity index is 114. The molecule has 10 heavy (non-hydrogen) atoms. The molecule has 0 unspecified atom stereocenters. The van der Waals surface area contributed by atoms with Crippen molar-refractivity contribution in [2.24, 2.45) is 0 Å². The molecule has 0 aromatic carbocycles. The van der Waals surface area contributed by atoms with E-state index in [-0.39, 0.29) is 0 Å². The minimum absolute atomic E-state index is 0.716. The molecular formula is C4H11Cl3GeOSi. The topological polar surface area (TPSA) is 9.23 Å². The van der Waals surface area contributed by atoms with Crippen molar-refractivity contribution >= 4 is 48.8 Å². The van der Waals surface area contributed by atoms with Gasteiger partial charge in [-0.25, -0.2) is 0 Å². The van der Waals surface area contributed by atoms with Gasteiger partial charge in [0.15, 0.2) is 0 Å². The molecule has 1 nitrogen and oxygen atoms in total. The molecule has 0 radical (unpaired) electrons. The zero-order chi connectivity index (χ0) is 8.41. The van der Waals surface area contributed by atoms with Crippen molar-refractivity contribution in [3.8, 4) is 0 Å². The van der Waals surface area contributed by atoms with E-state index in [1.807, 2.05) is 0 Å². The van der Waals surface area contributed by atoms with Crippen molar-refractivity contribution in [2.75, 3.05) is 7.11 Å². The molecule has 0 rings (SSSR count). The number of halogens is 3. The molecule has 0 N–H and O–H groups in total. The molecule has 0 bridgehead atoms.